The molecule has 2 aliphatic carbocycles. The van der Waals surface area contributed by atoms with E-state index in [9.17, 15) is 9.90 Å². The molecule has 2 rings (SSSR count). The number of rotatable bonds is 7. The molecule has 4 unspecified atom stereocenters. The Kier molecular flexibility index (Phi) is 6.31. The van der Waals surface area contributed by atoms with Gasteiger partial charge in [-0.3, -0.25) is 4.79 Å². The smallest absolute Gasteiger partial charge is 0.308 e. The van der Waals surface area contributed by atoms with Crippen LogP contribution >= 0.6 is 0 Å². The molecule has 0 aliphatic heterocycles. The van der Waals surface area contributed by atoms with Crippen LogP contribution < -0.4 is 0 Å². The lowest BCUT2D eigenvalue weighted by Crippen LogP contribution is -2.34. The first kappa shape index (κ1) is 17.8. The summed E-state index contributed by atoms with van der Waals surface area (Å²) in [5.41, 5.74) is -0.234. The summed E-state index contributed by atoms with van der Waals surface area (Å²) in [6.07, 6.45) is 9.41. The zero-order valence-corrected chi connectivity index (χ0v) is 14.6. The molecule has 0 saturated heterocycles. The number of aliphatic hydroxyl groups excluding tert-OH is 1. The molecule has 4 atom stereocenters. The van der Waals surface area contributed by atoms with Crippen molar-refractivity contribution in [3.63, 3.8) is 0 Å². The van der Waals surface area contributed by atoms with Gasteiger partial charge >= 0.3 is 5.97 Å². The molecule has 3 nitrogen and oxygen atoms in total. The molecule has 0 bridgehead atoms. The maximum atomic E-state index is 12.3. The topological polar surface area (TPSA) is 46.5 Å². The molecule has 128 valence electrons. The fraction of sp³-hybridized carbons (Fsp3) is 0.947. The summed E-state index contributed by atoms with van der Waals surface area (Å²) in [4.78, 5) is 12.3. The zero-order valence-electron chi connectivity index (χ0n) is 14.6. The van der Waals surface area contributed by atoms with Gasteiger partial charge in [-0.2, -0.15) is 0 Å². The minimum Gasteiger partial charge on any atom is -0.459 e. The van der Waals surface area contributed by atoms with E-state index in [1.54, 1.807) is 0 Å². The third-order valence-electron chi connectivity index (χ3n) is 6.31. The molecule has 0 spiro atoms. The summed E-state index contributed by atoms with van der Waals surface area (Å²) in [7, 11) is 0. The second-order valence-electron chi connectivity index (χ2n) is 7.57. The van der Waals surface area contributed by atoms with Crippen molar-refractivity contribution in [2.45, 2.75) is 96.7 Å². The van der Waals surface area contributed by atoms with E-state index in [1.165, 1.54) is 12.8 Å². The fourth-order valence-electron chi connectivity index (χ4n) is 4.70. The molecule has 22 heavy (non-hydrogen) atoms. The average Bonchev–Trinajstić information content (AvgIpc) is 3.13. The van der Waals surface area contributed by atoms with Gasteiger partial charge in [-0.1, -0.05) is 33.6 Å². The molecule has 2 aliphatic rings. The van der Waals surface area contributed by atoms with E-state index in [0.29, 0.717) is 5.92 Å². The van der Waals surface area contributed by atoms with Crippen LogP contribution in [0.3, 0.4) is 0 Å². The average molecular weight is 310 g/mol. The zero-order chi connectivity index (χ0) is 16.2. The predicted molar refractivity (Wildman–Crippen MR) is 88.5 cm³/mol. The lowest BCUT2D eigenvalue weighted by molar-refractivity contribution is -0.163. The van der Waals surface area contributed by atoms with Crippen molar-refractivity contribution in [2.75, 3.05) is 0 Å². The highest BCUT2D eigenvalue weighted by molar-refractivity contribution is 5.70. The molecule has 0 heterocycles. The van der Waals surface area contributed by atoms with Crippen LogP contribution in [-0.2, 0) is 9.53 Å². The summed E-state index contributed by atoms with van der Waals surface area (Å²) in [5.74, 6) is 1.38. The Morgan fingerprint density at radius 2 is 1.86 bits per heavy atom. The Balaban J connectivity index is 1.88. The maximum Gasteiger partial charge on any atom is 0.308 e. The lowest BCUT2D eigenvalue weighted by Gasteiger charge is -2.29. The monoisotopic (exact) mass is 310 g/mol. The summed E-state index contributed by atoms with van der Waals surface area (Å²) in [6.45, 7) is 6.53. The van der Waals surface area contributed by atoms with Gasteiger partial charge in [0.1, 0.15) is 5.60 Å². The van der Waals surface area contributed by atoms with Crippen molar-refractivity contribution < 1.29 is 14.6 Å². The first-order chi connectivity index (χ1) is 10.5. The predicted octanol–water partition coefficient (Wildman–Crippen LogP) is 4.47. The second kappa shape index (κ2) is 7.81. The first-order valence-corrected chi connectivity index (χ1v) is 9.43. The van der Waals surface area contributed by atoms with E-state index in [2.05, 4.69) is 20.8 Å². The molecule has 0 amide bonds. The molecule has 2 fully saturated rings. The van der Waals surface area contributed by atoms with Gasteiger partial charge in [0.2, 0.25) is 0 Å². The number of carbonyl (C=O) groups is 1. The molecule has 0 aromatic carbocycles. The van der Waals surface area contributed by atoms with Crippen molar-refractivity contribution in [3.8, 4) is 0 Å². The van der Waals surface area contributed by atoms with E-state index in [-0.39, 0.29) is 23.9 Å². The van der Waals surface area contributed by atoms with Crippen LogP contribution in [0.15, 0.2) is 0 Å². The Morgan fingerprint density at radius 1 is 1.18 bits per heavy atom. The van der Waals surface area contributed by atoms with Gasteiger partial charge in [0, 0.05) is 0 Å². The molecule has 3 heteroatoms. The SMILES string of the molecule is CCC1CC(CC)C(C(O)CC(=O)OC2(CC)CCCC2)C1. The highest BCUT2D eigenvalue weighted by Crippen LogP contribution is 2.43. The van der Waals surface area contributed by atoms with E-state index in [0.717, 1.165) is 50.9 Å². The molecular weight excluding hydrogens is 276 g/mol. The van der Waals surface area contributed by atoms with Crippen LogP contribution in [-0.4, -0.2) is 22.8 Å². The van der Waals surface area contributed by atoms with Crippen molar-refractivity contribution in [2.24, 2.45) is 17.8 Å². The summed E-state index contributed by atoms with van der Waals surface area (Å²) < 4.78 is 5.80. The van der Waals surface area contributed by atoms with E-state index in [4.69, 9.17) is 4.74 Å². The van der Waals surface area contributed by atoms with Gasteiger partial charge in [0.15, 0.2) is 0 Å². The molecule has 0 aromatic heterocycles. The fourth-order valence-corrected chi connectivity index (χ4v) is 4.70. The van der Waals surface area contributed by atoms with Crippen molar-refractivity contribution in [1.29, 1.82) is 0 Å². The molecule has 0 aromatic rings. The summed E-state index contributed by atoms with van der Waals surface area (Å²) in [6, 6.07) is 0. The van der Waals surface area contributed by atoms with Crippen molar-refractivity contribution in [3.05, 3.63) is 0 Å². The van der Waals surface area contributed by atoms with Gasteiger partial charge in [-0.25, -0.2) is 0 Å². The van der Waals surface area contributed by atoms with E-state index < -0.39 is 6.10 Å². The Bertz CT molecular complexity index is 360. The molecule has 2 saturated carbocycles. The minimum atomic E-state index is -0.524. The highest BCUT2D eigenvalue weighted by atomic mass is 16.6. The van der Waals surface area contributed by atoms with E-state index >= 15 is 0 Å². The standard InChI is InChI=1S/C19H34O3/c1-4-14-11-15(5-2)16(12-14)17(20)13-18(21)22-19(6-3)9-7-8-10-19/h14-17,20H,4-13H2,1-3H3. The third-order valence-corrected chi connectivity index (χ3v) is 6.31. The Labute approximate surface area is 135 Å². The van der Waals surface area contributed by atoms with Crippen LogP contribution in [0, 0.1) is 17.8 Å². The van der Waals surface area contributed by atoms with Gasteiger partial charge in [-0.05, 0) is 62.7 Å². The number of carbonyl (C=O) groups excluding carboxylic acids is 1. The number of hydrogen-bond acceptors (Lipinski definition) is 3. The summed E-state index contributed by atoms with van der Waals surface area (Å²) in [5, 5.41) is 10.6. The van der Waals surface area contributed by atoms with E-state index in [1.807, 2.05) is 0 Å². The van der Waals surface area contributed by atoms with Crippen LogP contribution in [0.5, 0.6) is 0 Å². The van der Waals surface area contributed by atoms with Crippen molar-refractivity contribution >= 4 is 5.97 Å². The quantitative estimate of drug-likeness (QED) is 0.706. The van der Waals surface area contributed by atoms with Crippen LogP contribution in [0.2, 0.25) is 0 Å². The Morgan fingerprint density at radius 3 is 2.41 bits per heavy atom. The van der Waals surface area contributed by atoms with Gasteiger partial charge in [0.05, 0.1) is 12.5 Å². The molecule has 0 radical (unpaired) electrons. The van der Waals surface area contributed by atoms with Crippen molar-refractivity contribution in [1.82, 2.24) is 0 Å². The molecule has 1 N–H and O–H groups in total. The number of ether oxygens (including phenoxy) is 1. The molecular formula is C19H34O3. The second-order valence-corrected chi connectivity index (χ2v) is 7.57. The Hall–Kier alpha value is -0.570. The van der Waals surface area contributed by atoms with Crippen LogP contribution in [0.1, 0.15) is 85.0 Å². The third kappa shape index (κ3) is 4.04. The summed E-state index contributed by atoms with van der Waals surface area (Å²) >= 11 is 0. The van der Waals surface area contributed by atoms with Gasteiger partial charge in [0.25, 0.3) is 0 Å². The largest absolute Gasteiger partial charge is 0.459 e. The minimum absolute atomic E-state index is 0.180. The van der Waals surface area contributed by atoms with Gasteiger partial charge < -0.3 is 9.84 Å². The maximum absolute atomic E-state index is 12.3. The number of hydrogen-bond donors (Lipinski definition) is 1. The normalized spacial score (nSPS) is 32.1. The highest BCUT2D eigenvalue weighted by Gasteiger charge is 2.40. The van der Waals surface area contributed by atoms with Crippen LogP contribution in [0.4, 0.5) is 0 Å². The number of aliphatic hydroxyl groups is 1. The van der Waals surface area contributed by atoms with Gasteiger partial charge in [-0.15, -0.1) is 0 Å². The lowest BCUT2D eigenvalue weighted by atomic mass is 9.87. The van der Waals surface area contributed by atoms with Crippen LogP contribution in [0.25, 0.3) is 0 Å². The first-order valence-electron chi connectivity index (χ1n) is 9.43. The number of esters is 1.